The Balaban J connectivity index is 1.81. The SMILES string of the molecule is Cc1cc(C(=O)Nc2ccccc2Sc2ccccc2)no1. The highest BCUT2D eigenvalue weighted by molar-refractivity contribution is 7.99. The Morgan fingerprint density at radius 2 is 1.82 bits per heavy atom. The number of benzene rings is 2. The summed E-state index contributed by atoms with van der Waals surface area (Å²) in [5, 5.41) is 6.61. The number of aryl methyl sites for hydroxylation is 1. The van der Waals surface area contributed by atoms with E-state index in [0.29, 0.717) is 5.76 Å². The number of aromatic nitrogens is 1. The van der Waals surface area contributed by atoms with E-state index in [1.807, 2.05) is 54.6 Å². The van der Waals surface area contributed by atoms with Crippen LogP contribution in [0.4, 0.5) is 5.69 Å². The minimum Gasteiger partial charge on any atom is -0.361 e. The molecule has 1 amide bonds. The Morgan fingerprint density at radius 1 is 1.09 bits per heavy atom. The molecule has 1 aromatic heterocycles. The number of rotatable bonds is 4. The number of anilines is 1. The van der Waals surface area contributed by atoms with Gasteiger partial charge in [-0.25, -0.2) is 0 Å². The molecule has 2 aromatic carbocycles. The van der Waals surface area contributed by atoms with E-state index in [9.17, 15) is 4.79 Å². The van der Waals surface area contributed by atoms with Gasteiger partial charge in [-0.3, -0.25) is 4.79 Å². The summed E-state index contributed by atoms with van der Waals surface area (Å²) in [6.45, 7) is 1.75. The van der Waals surface area contributed by atoms with Crippen molar-refractivity contribution in [2.24, 2.45) is 0 Å². The number of carbonyl (C=O) groups excluding carboxylic acids is 1. The summed E-state index contributed by atoms with van der Waals surface area (Å²) in [4.78, 5) is 14.3. The molecule has 4 nitrogen and oxygen atoms in total. The van der Waals surface area contributed by atoms with E-state index < -0.39 is 0 Å². The van der Waals surface area contributed by atoms with Crippen LogP contribution >= 0.6 is 11.8 Å². The van der Waals surface area contributed by atoms with Gasteiger partial charge in [0, 0.05) is 15.9 Å². The number of para-hydroxylation sites is 1. The first-order chi connectivity index (χ1) is 10.7. The van der Waals surface area contributed by atoms with Crippen molar-refractivity contribution in [2.45, 2.75) is 16.7 Å². The Kier molecular flexibility index (Phi) is 4.25. The Morgan fingerprint density at radius 3 is 2.55 bits per heavy atom. The lowest BCUT2D eigenvalue weighted by Gasteiger charge is -2.09. The van der Waals surface area contributed by atoms with Crippen molar-refractivity contribution < 1.29 is 9.32 Å². The van der Waals surface area contributed by atoms with Crippen molar-refractivity contribution in [3.63, 3.8) is 0 Å². The Labute approximate surface area is 132 Å². The molecule has 0 bridgehead atoms. The third-order valence-electron chi connectivity index (χ3n) is 2.97. The van der Waals surface area contributed by atoms with Crippen molar-refractivity contribution in [1.82, 2.24) is 5.16 Å². The molecule has 0 atom stereocenters. The lowest BCUT2D eigenvalue weighted by Crippen LogP contribution is -2.12. The number of hydrogen-bond acceptors (Lipinski definition) is 4. The highest BCUT2D eigenvalue weighted by Gasteiger charge is 2.13. The molecule has 0 radical (unpaired) electrons. The molecular formula is C17H14N2O2S. The number of amides is 1. The van der Waals surface area contributed by atoms with Gasteiger partial charge in [-0.15, -0.1) is 0 Å². The van der Waals surface area contributed by atoms with Gasteiger partial charge in [-0.2, -0.15) is 0 Å². The molecule has 1 N–H and O–H groups in total. The van der Waals surface area contributed by atoms with E-state index in [1.165, 1.54) is 0 Å². The van der Waals surface area contributed by atoms with Gasteiger partial charge >= 0.3 is 0 Å². The van der Waals surface area contributed by atoms with Crippen LogP contribution in [0.15, 0.2) is 75.0 Å². The minimum absolute atomic E-state index is 0.275. The molecule has 0 fully saturated rings. The fraction of sp³-hybridized carbons (Fsp3) is 0.0588. The number of carbonyl (C=O) groups is 1. The number of nitrogens with one attached hydrogen (secondary N) is 1. The van der Waals surface area contributed by atoms with Gasteiger partial charge in [0.15, 0.2) is 5.69 Å². The average molecular weight is 310 g/mol. The van der Waals surface area contributed by atoms with Crippen LogP contribution in [0.3, 0.4) is 0 Å². The van der Waals surface area contributed by atoms with Crippen molar-refractivity contribution in [3.05, 3.63) is 72.1 Å². The summed E-state index contributed by atoms with van der Waals surface area (Å²) < 4.78 is 4.93. The predicted molar refractivity (Wildman–Crippen MR) is 86.2 cm³/mol. The molecule has 5 heteroatoms. The van der Waals surface area contributed by atoms with Crippen molar-refractivity contribution in [2.75, 3.05) is 5.32 Å². The zero-order valence-electron chi connectivity index (χ0n) is 11.9. The van der Waals surface area contributed by atoms with E-state index >= 15 is 0 Å². The van der Waals surface area contributed by atoms with Crippen LogP contribution in [-0.2, 0) is 0 Å². The maximum Gasteiger partial charge on any atom is 0.277 e. The van der Waals surface area contributed by atoms with Crippen LogP contribution in [0, 0.1) is 6.92 Å². The first-order valence-corrected chi connectivity index (χ1v) is 7.60. The van der Waals surface area contributed by atoms with Crippen molar-refractivity contribution in [1.29, 1.82) is 0 Å². The van der Waals surface area contributed by atoms with Gasteiger partial charge in [-0.05, 0) is 31.2 Å². The van der Waals surface area contributed by atoms with Gasteiger partial charge in [0.05, 0.1) is 5.69 Å². The highest BCUT2D eigenvalue weighted by atomic mass is 32.2. The zero-order chi connectivity index (χ0) is 15.4. The van der Waals surface area contributed by atoms with Crippen LogP contribution in [0.25, 0.3) is 0 Å². The van der Waals surface area contributed by atoms with Crippen LogP contribution in [0.1, 0.15) is 16.2 Å². The second kappa shape index (κ2) is 6.49. The molecule has 1 heterocycles. The van der Waals surface area contributed by atoms with Crippen molar-refractivity contribution in [3.8, 4) is 0 Å². The first-order valence-electron chi connectivity index (χ1n) is 6.79. The van der Waals surface area contributed by atoms with E-state index in [0.717, 1.165) is 15.5 Å². The largest absolute Gasteiger partial charge is 0.361 e. The lowest BCUT2D eigenvalue weighted by atomic mass is 10.3. The predicted octanol–water partition coefficient (Wildman–Crippen LogP) is 4.39. The summed E-state index contributed by atoms with van der Waals surface area (Å²) in [5.74, 6) is 0.329. The monoisotopic (exact) mass is 310 g/mol. The summed E-state index contributed by atoms with van der Waals surface area (Å²) in [6, 6.07) is 19.3. The fourth-order valence-corrected chi connectivity index (χ4v) is 2.86. The highest BCUT2D eigenvalue weighted by Crippen LogP contribution is 2.33. The molecule has 0 spiro atoms. The normalized spacial score (nSPS) is 10.4. The molecule has 0 saturated carbocycles. The van der Waals surface area contributed by atoms with Gasteiger partial charge in [0.25, 0.3) is 5.91 Å². The molecule has 0 aliphatic rings. The second-order valence-corrected chi connectivity index (χ2v) is 5.80. The van der Waals surface area contributed by atoms with Gasteiger partial charge in [-0.1, -0.05) is 47.3 Å². The molecule has 3 aromatic rings. The molecule has 0 aliphatic heterocycles. The maximum atomic E-state index is 12.2. The average Bonchev–Trinajstić information content (AvgIpc) is 2.97. The number of nitrogens with zero attached hydrogens (tertiary/aromatic N) is 1. The summed E-state index contributed by atoms with van der Waals surface area (Å²) in [6.07, 6.45) is 0. The second-order valence-electron chi connectivity index (χ2n) is 4.69. The zero-order valence-corrected chi connectivity index (χ0v) is 12.8. The van der Waals surface area contributed by atoms with Gasteiger partial charge < -0.3 is 9.84 Å². The first kappa shape index (κ1) is 14.4. The van der Waals surface area contributed by atoms with Crippen LogP contribution in [0.5, 0.6) is 0 Å². The van der Waals surface area contributed by atoms with Crippen LogP contribution < -0.4 is 5.32 Å². The quantitative estimate of drug-likeness (QED) is 0.776. The van der Waals surface area contributed by atoms with Crippen molar-refractivity contribution >= 4 is 23.4 Å². The molecule has 0 saturated heterocycles. The van der Waals surface area contributed by atoms with Crippen LogP contribution in [0.2, 0.25) is 0 Å². The molecule has 0 unspecified atom stereocenters. The minimum atomic E-state index is -0.280. The lowest BCUT2D eigenvalue weighted by molar-refractivity contribution is 0.101. The molecule has 3 rings (SSSR count). The van der Waals surface area contributed by atoms with Gasteiger partial charge in [0.1, 0.15) is 5.76 Å². The van der Waals surface area contributed by atoms with E-state index in [4.69, 9.17) is 4.52 Å². The van der Waals surface area contributed by atoms with E-state index in [1.54, 1.807) is 24.8 Å². The maximum absolute atomic E-state index is 12.2. The molecule has 110 valence electrons. The standard InChI is InChI=1S/C17H14N2O2S/c1-12-11-15(19-21-12)17(20)18-14-9-5-6-10-16(14)22-13-7-3-2-4-8-13/h2-11H,1H3,(H,18,20). The Hall–Kier alpha value is -2.53. The summed E-state index contributed by atoms with van der Waals surface area (Å²) in [5.41, 5.74) is 1.03. The summed E-state index contributed by atoms with van der Waals surface area (Å²) in [7, 11) is 0. The topological polar surface area (TPSA) is 55.1 Å². The van der Waals surface area contributed by atoms with E-state index in [-0.39, 0.29) is 11.6 Å². The smallest absolute Gasteiger partial charge is 0.277 e. The van der Waals surface area contributed by atoms with Crippen LogP contribution in [-0.4, -0.2) is 11.1 Å². The third-order valence-corrected chi connectivity index (χ3v) is 4.05. The fourth-order valence-electron chi connectivity index (χ4n) is 1.93. The van der Waals surface area contributed by atoms with E-state index in [2.05, 4.69) is 10.5 Å². The number of hydrogen-bond donors (Lipinski definition) is 1. The Bertz CT molecular complexity index is 784. The van der Waals surface area contributed by atoms with Gasteiger partial charge in [0.2, 0.25) is 0 Å². The molecular weight excluding hydrogens is 296 g/mol. The third kappa shape index (κ3) is 3.38. The molecule has 22 heavy (non-hydrogen) atoms. The molecule has 0 aliphatic carbocycles. The summed E-state index contributed by atoms with van der Waals surface area (Å²) >= 11 is 1.60.